The van der Waals surface area contributed by atoms with Crippen LogP contribution in [0.2, 0.25) is 0 Å². The van der Waals surface area contributed by atoms with Gasteiger partial charge in [-0.05, 0) is 46.8 Å². The molecule has 2 heterocycles. The topological polar surface area (TPSA) is 125 Å². The summed E-state index contributed by atoms with van der Waals surface area (Å²) in [6.45, 7) is 8.61. The molecule has 9 nitrogen and oxygen atoms in total. The number of hydrogen-bond donors (Lipinski definition) is 1. The Bertz CT molecular complexity index is 1220. The second-order valence-electron chi connectivity index (χ2n) is 7.75. The first kappa shape index (κ1) is 25.2. The number of carbonyl (C=O) groups is 2. The quantitative estimate of drug-likeness (QED) is 0.557. The molecule has 0 saturated carbocycles. The van der Waals surface area contributed by atoms with Crippen molar-refractivity contribution in [2.75, 3.05) is 13.2 Å². The van der Waals surface area contributed by atoms with Crippen LogP contribution in [-0.4, -0.2) is 38.7 Å². The number of hydrogen-bond acceptors (Lipinski definition) is 9. The summed E-state index contributed by atoms with van der Waals surface area (Å²) < 4.78 is 42.2. The van der Waals surface area contributed by atoms with Gasteiger partial charge in [0.2, 0.25) is 0 Å². The van der Waals surface area contributed by atoms with Gasteiger partial charge in [0.1, 0.15) is 5.75 Å². The minimum Gasteiger partial charge on any atom is -0.463 e. The second kappa shape index (κ2) is 10.3. The van der Waals surface area contributed by atoms with Crippen LogP contribution >= 0.6 is 0 Å². The van der Waals surface area contributed by atoms with Crippen molar-refractivity contribution in [1.29, 1.82) is 0 Å². The van der Waals surface area contributed by atoms with Gasteiger partial charge in [0.15, 0.2) is 15.6 Å². The Morgan fingerprint density at radius 2 is 1.50 bits per heavy atom. The molecule has 0 bridgehead atoms. The number of carbonyl (C=O) groups excluding carboxylic acids is 2. The van der Waals surface area contributed by atoms with E-state index in [-0.39, 0.29) is 35.0 Å². The molecule has 1 aliphatic rings. The van der Waals surface area contributed by atoms with Crippen LogP contribution in [0, 0.1) is 6.92 Å². The fourth-order valence-corrected chi connectivity index (χ4v) is 5.31. The first-order chi connectivity index (χ1) is 16.1. The number of allylic oxidation sites excluding steroid dienone is 2. The van der Waals surface area contributed by atoms with E-state index in [1.807, 2.05) is 0 Å². The van der Waals surface area contributed by atoms with Crippen molar-refractivity contribution in [1.82, 2.24) is 10.5 Å². The molecule has 2 aromatic rings. The maximum Gasteiger partial charge on any atom is 0.336 e. The Balaban J connectivity index is 2.20. The van der Waals surface area contributed by atoms with Crippen molar-refractivity contribution in [2.24, 2.45) is 0 Å². The van der Waals surface area contributed by atoms with Crippen LogP contribution in [0.4, 0.5) is 0 Å². The highest BCUT2D eigenvalue weighted by molar-refractivity contribution is 7.90. The second-order valence-corrected chi connectivity index (χ2v) is 9.74. The number of nitrogens with one attached hydrogen (secondary N) is 1. The Labute approximate surface area is 198 Å². The zero-order chi connectivity index (χ0) is 25.0. The van der Waals surface area contributed by atoms with E-state index in [4.69, 9.17) is 14.0 Å². The molecule has 10 heteroatoms. The van der Waals surface area contributed by atoms with Gasteiger partial charge in [0.25, 0.3) is 0 Å². The molecule has 0 spiro atoms. The molecule has 0 amide bonds. The molecule has 182 valence electrons. The highest BCUT2D eigenvalue weighted by Gasteiger charge is 2.42. The van der Waals surface area contributed by atoms with Gasteiger partial charge in [-0.15, -0.1) is 0 Å². The minimum absolute atomic E-state index is 0.0393. The highest BCUT2D eigenvalue weighted by atomic mass is 32.2. The first-order valence-electron chi connectivity index (χ1n) is 10.9. The van der Waals surface area contributed by atoms with Crippen LogP contribution in [0.1, 0.15) is 50.6 Å². The van der Waals surface area contributed by atoms with Gasteiger partial charge in [0.05, 0.1) is 40.9 Å². The highest BCUT2D eigenvalue weighted by Crippen LogP contribution is 2.42. The number of nitrogens with zero attached hydrogens (tertiary/aromatic N) is 1. The third kappa shape index (κ3) is 4.91. The molecule has 0 atom stereocenters. The molecule has 0 radical (unpaired) electrons. The summed E-state index contributed by atoms with van der Waals surface area (Å²) in [4.78, 5) is 26.1. The molecule has 0 unspecified atom stereocenters. The van der Waals surface area contributed by atoms with E-state index < -0.39 is 33.4 Å². The fourth-order valence-electron chi connectivity index (χ4n) is 4.02. The molecule has 0 aliphatic carbocycles. The molecule has 3 rings (SSSR count). The minimum atomic E-state index is -3.80. The van der Waals surface area contributed by atoms with Crippen molar-refractivity contribution >= 4 is 21.8 Å². The van der Waals surface area contributed by atoms with E-state index in [0.29, 0.717) is 22.7 Å². The van der Waals surface area contributed by atoms with E-state index in [2.05, 4.69) is 10.5 Å². The normalized spacial score (nSPS) is 14.7. The molecule has 1 aromatic heterocycles. The molecule has 0 saturated heterocycles. The summed E-state index contributed by atoms with van der Waals surface area (Å²) in [6, 6.07) is 7.96. The zero-order valence-corrected chi connectivity index (χ0v) is 20.6. The molecule has 34 heavy (non-hydrogen) atoms. The SMILES string of the molecule is CCOC(=O)C1=C(C)NC(C)=C(C(=O)OCC)C1c1c(C)noc1CS(=O)(=O)c1ccccc1. The number of esters is 2. The summed E-state index contributed by atoms with van der Waals surface area (Å²) in [5.41, 5.74) is 1.97. The van der Waals surface area contributed by atoms with Gasteiger partial charge in [-0.1, -0.05) is 23.4 Å². The van der Waals surface area contributed by atoms with Crippen LogP contribution in [0.25, 0.3) is 0 Å². The Hall–Kier alpha value is -3.40. The van der Waals surface area contributed by atoms with Gasteiger partial charge in [-0.25, -0.2) is 18.0 Å². The smallest absolute Gasteiger partial charge is 0.336 e. The maximum atomic E-state index is 13.1. The van der Waals surface area contributed by atoms with Crippen molar-refractivity contribution in [3.8, 4) is 0 Å². The van der Waals surface area contributed by atoms with Gasteiger partial charge in [0, 0.05) is 17.0 Å². The first-order valence-corrected chi connectivity index (χ1v) is 12.5. The molecular formula is C24H28N2O7S. The number of aryl methyl sites for hydroxylation is 1. The van der Waals surface area contributed by atoms with Crippen molar-refractivity contribution in [3.63, 3.8) is 0 Å². The third-order valence-electron chi connectivity index (χ3n) is 5.45. The number of dihydropyridines is 1. The molecule has 1 aliphatic heterocycles. The van der Waals surface area contributed by atoms with Crippen LogP contribution in [0.5, 0.6) is 0 Å². The monoisotopic (exact) mass is 488 g/mol. The largest absolute Gasteiger partial charge is 0.463 e. The average molecular weight is 489 g/mol. The number of aromatic nitrogens is 1. The van der Waals surface area contributed by atoms with Crippen molar-refractivity contribution in [3.05, 3.63) is 69.9 Å². The van der Waals surface area contributed by atoms with E-state index in [1.165, 1.54) is 12.1 Å². The van der Waals surface area contributed by atoms with E-state index in [0.717, 1.165) is 0 Å². The molecule has 1 aromatic carbocycles. The van der Waals surface area contributed by atoms with Crippen LogP contribution < -0.4 is 5.32 Å². The predicted octanol–water partition coefficient (Wildman–Crippen LogP) is 3.32. The molecule has 0 fully saturated rings. The Kier molecular flexibility index (Phi) is 7.61. The van der Waals surface area contributed by atoms with Crippen LogP contribution in [-0.2, 0) is 34.7 Å². The number of rotatable bonds is 8. The average Bonchev–Trinajstić information content (AvgIpc) is 3.12. The number of sulfone groups is 1. The summed E-state index contributed by atoms with van der Waals surface area (Å²) in [5, 5.41) is 7.04. The lowest BCUT2D eigenvalue weighted by Crippen LogP contribution is -2.33. The third-order valence-corrected chi connectivity index (χ3v) is 7.08. The standard InChI is InChI=1S/C24H28N2O7S/c1-6-31-23(27)20-14(3)25-15(4)21(24(28)32-7-2)22(20)19-16(5)26-33-18(19)13-34(29,30)17-11-9-8-10-12-17/h8-12,22,25H,6-7,13H2,1-5H3. The van der Waals surface area contributed by atoms with Crippen molar-refractivity contribution < 1.29 is 32.0 Å². The van der Waals surface area contributed by atoms with Gasteiger partial charge >= 0.3 is 11.9 Å². The zero-order valence-electron chi connectivity index (χ0n) is 19.8. The van der Waals surface area contributed by atoms with E-state index in [9.17, 15) is 18.0 Å². The van der Waals surface area contributed by atoms with Gasteiger partial charge < -0.3 is 19.3 Å². The summed E-state index contributed by atoms with van der Waals surface area (Å²) >= 11 is 0. The maximum absolute atomic E-state index is 13.1. The van der Waals surface area contributed by atoms with Crippen molar-refractivity contribution in [2.45, 2.75) is 51.2 Å². The summed E-state index contributed by atoms with van der Waals surface area (Å²) in [5.74, 6) is -2.71. The van der Waals surface area contributed by atoms with Crippen LogP contribution in [0.15, 0.2) is 62.3 Å². The number of ether oxygens (including phenoxy) is 2. The Morgan fingerprint density at radius 1 is 0.971 bits per heavy atom. The number of benzene rings is 1. The fraction of sp³-hybridized carbons (Fsp3) is 0.375. The lowest BCUT2D eigenvalue weighted by Gasteiger charge is -2.30. The predicted molar refractivity (Wildman–Crippen MR) is 123 cm³/mol. The lowest BCUT2D eigenvalue weighted by molar-refractivity contribution is -0.139. The van der Waals surface area contributed by atoms with E-state index in [1.54, 1.807) is 52.8 Å². The Morgan fingerprint density at radius 3 is 2.00 bits per heavy atom. The molecule has 1 N–H and O–H groups in total. The van der Waals surface area contributed by atoms with Crippen LogP contribution in [0.3, 0.4) is 0 Å². The lowest BCUT2D eigenvalue weighted by atomic mass is 9.79. The van der Waals surface area contributed by atoms with E-state index >= 15 is 0 Å². The van der Waals surface area contributed by atoms with Gasteiger partial charge in [-0.2, -0.15) is 0 Å². The summed E-state index contributed by atoms with van der Waals surface area (Å²) in [6.07, 6.45) is 0. The molecular weight excluding hydrogens is 460 g/mol. The summed E-state index contributed by atoms with van der Waals surface area (Å²) in [7, 11) is -3.80. The van der Waals surface area contributed by atoms with Gasteiger partial charge in [-0.3, -0.25) is 0 Å².